The molecule has 0 saturated carbocycles. The quantitative estimate of drug-likeness (QED) is 0.430. The highest BCUT2D eigenvalue weighted by molar-refractivity contribution is 6.31. The molecule has 0 aliphatic heterocycles. The van der Waals surface area contributed by atoms with E-state index in [4.69, 9.17) is 16.0 Å². The van der Waals surface area contributed by atoms with E-state index < -0.39 is 17.3 Å². The second kappa shape index (κ2) is 8.35. The van der Waals surface area contributed by atoms with Gasteiger partial charge >= 0.3 is 5.63 Å². The van der Waals surface area contributed by atoms with E-state index in [-0.39, 0.29) is 23.7 Å². The van der Waals surface area contributed by atoms with Crippen molar-refractivity contribution >= 4 is 28.5 Å². The van der Waals surface area contributed by atoms with E-state index in [2.05, 4.69) is 5.10 Å². The predicted molar refractivity (Wildman–Crippen MR) is 115 cm³/mol. The van der Waals surface area contributed by atoms with Crippen molar-refractivity contribution in [2.75, 3.05) is 0 Å². The van der Waals surface area contributed by atoms with Gasteiger partial charge in [0.15, 0.2) is 0 Å². The van der Waals surface area contributed by atoms with Crippen molar-refractivity contribution in [1.29, 1.82) is 0 Å². The van der Waals surface area contributed by atoms with Crippen LogP contribution in [0, 0.1) is 12.7 Å². The molecule has 0 aliphatic rings. The van der Waals surface area contributed by atoms with Crippen LogP contribution in [0.5, 0.6) is 0 Å². The number of fused-ring (bicyclic) bond motifs is 1. The van der Waals surface area contributed by atoms with Crippen molar-refractivity contribution in [3.05, 3.63) is 98.4 Å². The third-order valence-corrected chi connectivity index (χ3v) is 5.34. The molecule has 0 spiro atoms. The molecule has 0 atom stereocenters. The number of hydrogen-bond donors (Lipinski definition) is 0. The molecular weight excluding hydrogens is 421 g/mol. The SMILES string of the molecule is Cc1cc(CN(Cc2ccc(F)cc2Cl)C(=O)c2cc3ccccc3oc2=O)n(C)n1. The topological polar surface area (TPSA) is 68.3 Å². The van der Waals surface area contributed by atoms with Gasteiger partial charge in [-0.3, -0.25) is 9.48 Å². The molecule has 0 bridgehead atoms. The van der Waals surface area contributed by atoms with Gasteiger partial charge in [0.1, 0.15) is 17.0 Å². The highest BCUT2D eigenvalue weighted by atomic mass is 35.5. The van der Waals surface area contributed by atoms with Crippen LogP contribution in [0.2, 0.25) is 5.02 Å². The first kappa shape index (κ1) is 20.8. The van der Waals surface area contributed by atoms with Crippen molar-refractivity contribution in [1.82, 2.24) is 14.7 Å². The summed E-state index contributed by atoms with van der Waals surface area (Å²) in [6.45, 7) is 2.11. The summed E-state index contributed by atoms with van der Waals surface area (Å²) < 4.78 is 20.5. The maximum absolute atomic E-state index is 13.5. The number of rotatable bonds is 5. The van der Waals surface area contributed by atoms with Crippen LogP contribution in [0.15, 0.2) is 63.8 Å². The number of benzene rings is 2. The molecule has 0 fully saturated rings. The summed E-state index contributed by atoms with van der Waals surface area (Å²) in [5.74, 6) is -0.984. The van der Waals surface area contributed by atoms with Crippen molar-refractivity contribution in [2.45, 2.75) is 20.0 Å². The Labute approximate surface area is 182 Å². The molecule has 0 radical (unpaired) electrons. The first-order valence-electron chi connectivity index (χ1n) is 9.57. The van der Waals surface area contributed by atoms with Gasteiger partial charge in [-0.1, -0.05) is 35.9 Å². The maximum atomic E-state index is 13.5. The first-order valence-corrected chi connectivity index (χ1v) is 9.95. The van der Waals surface area contributed by atoms with E-state index in [1.165, 1.54) is 29.2 Å². The average Bonchev–Trinajstić information content (AvgIpc) is 3.05. The molecule has 158 valence electrons. The number of para-hydroxylation sites is 1. The van der Waals surface area contributed by atoms with Gasteiger partial charge in [-0.15, -0.1) is 0 Å². The Morgan fingerprint density at radius 3 is 2.65 bits per heavy atom. The number of carbonyl (C=O) groups is 1. The summed E-state index contributed by atoms with van der Waals surface area (Å²) in [6.07, 6.45) is 0. The lowest BCUT2D eigenvalue weighted by Gasteiger charge is -2.23. The molecule has 4 rings (SSSR count). The Hall–Kier alpha value is -3.45. The molecule has 2 heterocycles. The van der Waals surface area contributed by atoms with E-state index in [0.29, 0.717) is 16.5 Å². The highest BCUT2D eigenvalue weighted by Crippen LogP contribution is 2.22. The molecule has 1 amide bonds. The fourth-order valence-corrected chi connectivity index (χ4v) is 3.67. The zero-order chi connectivity index (χ0) is 22.1. The number of aromatic nitrogens is 2. The van der Waals surface area contributed by atoms with E-state index in [1.807, 2.05) is 13.0 Å². The second-order valence-electron chi connectivity index (χ2n) is 7.28. The summed E-state index contributed by atoms with van der Waals surface area (Å²) in [4.78, 5) is 27.5. The minimum atomic E-state index is -0.722. The summed E-state index contributed by atoms with van der Waals surface area (Å²) in [6, 6.07) is 14.4. The predicted octanol–water partition coefficient (Wildman–Crippen LogP) is 4.47. The molecule has 0 aliphatic carbocycles. The Kier molecular flexibility index (Phi) is 5.61. The van der Waals surface area contributed by atoms with Crippen LogP contribution in [0.1, 0.15) is 27.3 Å². The maximum Gasteiger partial charge on any atom is 0.349 e. The minimum Gasteiger partial charge on any atom is -0.422 e. The largest absolute Gasteiger partial charge is 0.422 e. The standard InChI is InChI=1S/C23H19ClFN3O3/c1-14-9-18(27(2)26-14)13-28(12-16-7-8-17(25)11-20(16)24)22(29)19-10-15-5-3-4-6-21(15)31-23(19)30/h3-11H,12-13H2,1-2H3. The number of amides is 1. The monoisotopic (exact) mass is 439 g/mol. The zero-order valence-corrected chi connectivity index (χ0v) is 17.7. The lowest BCUT2D eigenvalue weighted by atomic mass is 10.1. The average molecular weight is 440 g/mol. The molecule has 0 unspecified atom stereocenters. The lowest BCUT2D eigenvalue weighted by Crippen LogP contribution is -2.34. The van der Waals surface area contributed by atoms with Gasteiger partial charge in [-0.05, 0) is 42.8 Å². The highest BCUT2D eigenvalue weighted by Gasteiger charge is 2.23. The molecule has 0 saturated heterocycles. The number of nitrogens with zero attached hydrogens (tertiary/aromatic N) is 3. The van der Waals surface area contributed by atoms with Gasteiger partial charge < -0.3 is 9.32 Å². The van der Waals surface area contributed by atoms with Crippen molar-refractivity contribution in [2.24, 2.45) is 7.05 Å². The van der Waals surface area contributed by atoms with Crippen molar-refractivity contribution < 1.29 is 13.6 Å². The van der Waals surface area contributed by atoms with E-state index in [0.717, 1.165) is 11.4 Å². The lowest BCUT2D eigenvalue weighted by molar-refractivity contribution is 0.0722. The fourth-order valence-electron chi connectivity index (χ4n) is 3.44. The van der Waals surface area contributed by atoms with Gasteiger partial charge in [0.25, 0.3) is 5.91 Å². The summed E-state index contributed by atoms with van der Waals surface area (Å²) in [5, 5.41) is 5.15. The van der Waals surface area contributed by atoms with Crippen LogP contribution in [-0.4, -0.2) is 20.6 Å². The normalized spacial score (nSPS) is 11.1. The van der Waals surface area contributed by atoms with Gasteiger partial charge in [0, 0.05) is 24.0 Å². The number of halogens is 2. The third kappa shape index (κ3) is 4.36. The molecule has 2 aromatic carbocycles. The van der Waals surface area contributed by atoms with Gasteiger partial charge in [-0.25, -0.2) is 9.18 Å². The van der Waals surface area contributed by atoms with Gasteiger partial charge in [0.05, 0.1) is 17.9 Å². The van der Waals surface area contributed by atoms with Crippen LogP contribution in [0.4, 0.5) is 4.39 Å². The number of hydrogen-bond acceptors (Lipinski definition) is 4. The summed E-state index contributed by atoms with van der Waals surface area (Å²) in [7, 11) is 1.78. The van der Waals surface area contributed by atoms with Crippen LogP contribution in [-0.2, 0) is 20.1 Å². The Morgan fingerprint density at radius 1 is 1.16 bits per heavy atom. The molecule has 6 nitrogen and oxygen atoms in total. The Morgan fingerprint density at radius 2 is 1.94 bits per heavy atom. The van der Waals surface area contributed by atoms with E-state index >= 15 is 0 Å². The molecule has 2 aromatic heterocycles. The Bertz CT molecular complexity index is 1350. The molecule has 0 N–H and O–H groups in total. The first-order chi connectivity index (χ1) is 14.8. The summed E-state index contributed by atoms with van der Waals surface area (Å²) >= 11 is 6.20. The number of carbonyl (C=O) groups excluding carboxylic acids is 1. The van der Waals surface area contributed by atoms with Crippen LogP contribution in [0.25, 0.3) is 11.0 Å². The third-order valence-electron chi connectivity index (χ3n) is 4.99. The van der Waals surface area contributed by atoms with Crippen LogP contribution in [0.3, 0.4) is 0 Å². The smallest absolute Gasteiger partial charge is 0.349 e. The van der Waals surface area contributed by atoms with Crippen molar-refractivity contribution in [3.63, 3.8) is 0 Å². The van der Waals surface area contributed by atoms with Gasteiger partial charge in [-0.2, -0.15) is 5.10 Å². The molecular formula is C23H19ClFN3O3. The summed E-state index contributed by atoms with van der Waals surface area (Å²) in [5.41, 5.74) is 1.72. The van der Waals surface area contributed by atoms with E-state index in [9.17, 15) is 14.0 Å². The zero-order valence-electron chi connectivity index (χ0n) is 16.9. The molecule has 8 heteroatoms. The van der Waals surface area contributed by atoms with Gasteiger partial charge in [0.2, 0.25) is 0 Å². The fraction of sp³-hybridized carbons (Fsp3) is 0.174. The van der Waals surface area contributed by atoms with Crippen LogP contribution < -0.4 is 5.63 Å². The molecule has 31 heavy (non-hydrogen) atoms. The second-order valence-corrected chi connectivity index (χ2v) is 7.69. The molecule has 4 aromatic rings. The number of aryl methyl sites for hydroxylation is 2. The van der Waals surface area contributed by atoms with E-state index in [1.54, 1.807) is 36.0 Å². The van der Waals surface area contributed by atoms with Crippen molar-refractivity contribution in [3.8, 4) is 0 Å². The van der Waals surface area contributed by atoms with Crippen LogP contribution >= 0.6 is 11.6 Å². The minimum absolute atomic E-state index is 0.0778. The Balaban J connectivity index is 1.75.